The first-order chi connectivity index (χ1) is 10.0. The van der Waals surface area contributed by atoms with E-state index in [0.717, 1.165) is 38.7 Å². The molecule has 0 bridgehead atoms. The molecule has 0 radical (unpaired) electrons. The number of methoxy groups -OCH3 is 1. The Labute approximate surface area is 130 Å². The van der Waals surface area contributed by atoms with Crippen LogP contribution >= 0.6 is 0 Å². The summed E-state index contributed by atoms with van der Waals surface area (Å²) in [5.74, 6) is 0. The van der Waals surface area contributed by atoms with Crippen molar-refractivity contribution < 1.29 is 4.74 Å². The van der Waals surface area contributed by atoms with E-state index in [2.05, 4.69) is 51.7 Å². The van der Waals surface area contributed by atoms with Crippen molar-refractivity contribution in [3.8, 4) is 0 Å². The predicted molar refractivity (Wildman–Crippen MR) is 93.5 cm³/mol. The fraction of sp³-hybridized carbons (Fsp3) is 0.500. The summed E-state index contributed by atoms with van der Waals surface area (Å²) in [7, 11) is 1.75. The lowest BCUT2D eigenvalue weighted by Gasteiger charge is -2.15. The molecule has 116 valence electrons. The highest BCUT2D eigenvalue weighted by atomic mass is 16.5. The summed E-state index contributed by atoms with van der Waals surface area (Å²) >= 11 is 0. The van der Waals surface area contributed by atoms with Crippen LogP contribution in [0.4, 0.5) is 0 Å². The minimum atomic E-state index is 0.750. The summed E-state index contributed by atoms with van der Waals surface area (Å²) in [4.78, 5) is 0. The van der Waals surface area contributed by atoms with Gasteiger partial charge in [-0.3, -0.25) is 0 Å². The average Bonchev–Trinajstić information content (AvgIpc) is 2.45. The molecule has 0 fully saturated rings. The summed E-state index contributed by atoms with van der Waals surface area (Å²) < 4.78 is 5.18. The second-order valence-corrected chi connectivity index (χ2v) is 6.11. The Hall–Kier alpha value is -1.34. The lowest BCUT2D eigenvalue weighted by atomic mass is 9.93. The zero-order valence-corrected chi connectivity index (χ0v) is 14.2. The van der Waals surface area contributed by atoms with E-state index >= 15 is 0 Å². The lowest BCUT2D eigenvalue weighted by Crippen LogP contribution is -2.00. The van der Waals surface area contributed by atoms with Gasteiger partial charge in [0.1, 0.15) is 0 Å². The van der Waals surface area contributed by atoms with E-state index in [4.69, 9.17) is 4.74 Å². The van der Waals surface area contributed by atoms with Gasteiger partial charge in [-0.1, -0.05) is 42.0 Å². The van der Waals surface area contributed by atoms with E-state index in [-0.39, 0.29) is 0 Å². The molecule has 0 atom stereocenters. The molecule has 0 aliphatic heterocycles. The van der Waals surface area contributed by atoms with Crippen molar-refractivity contribution in [1.29, 1.82) is 0 Å². The molecule has 1 heteroatoms. The van der Waals surface area contributed by atoms with Crippen LogP contribution in [0.5, 0.6) is 0 Å². The fourth-order valence-corrected chi connectivity index (χ4v) is 2.39. The van der Waals surface area contributed by atoms with Crippen molar-refractivity contribution in [2.24, 2.45) is 0 Å². The minimum Gasteiger partial charge on any atom is -0.380 e. The maximum Gasteiger partial charge on any atom is 0.0676 e. The van der Waals surface area contributed by atoms with E-state index in [1.807, 2.05) is 0 Å². The normalized spacial score (nSPS) is 15.3. The zero-order chi connectivity index (χ0) is 15.7. The number of allylic oxidation sites excluding steroid dienone is 8. The molecule has 0 saturated carbocycles. The average molecular weight is 286 g/mol. The Balaban J connectivity index is 2.39. The number of ether oxygens (including phenoxy) is 1. The number of hydrogen-bond donors (Lipinski definition) is 0. The third kappa shape index (κ3) is 7.29. The molecule has 0 saturated heterocycles. The van der Waals surface area contributed by atoms with Crippen LogP contribution in [0.3, 0.4) is 0 Å². The highest BCUT2D eigenvalue weighted by Gasteiger charge is 2.07. The molecule has 0 N–H and O–H groups in total. The maximum atomic E-state index is 5.18. The van der Waals surface area contributed by atoms with Crippen LogP contribution in [-0.4, -0.2) is 13.7 Å². The molecule has 1 aliphatic rings. The van der Waals surface area contributed by atoms with Crippen molar-refractivity contribution in [3.63, 3.8) is 0 Å². The molecular weight excluding hydrogens is 256 g/mol. The first-order valence-corrected chi connectivity index (χ1v) is 7.86. The highest BCUT2D eigenvalue weighted by molar-refractivity contribution is 5.36. The molecule has 0 unspecified atom stereocenters. The zero-order valence-electron chi connectivity index (χ0n) is 14.2. The van der Waals surface area contributed by atoms with Gasteiger partial charge in [0.25, 0.3) is 0 Å². The predicted octanol–water partition coefficient (Wildman–Crippen LogP) is 5.92. The summed E-state index contributed by atoms with van der Waals surface area (Å²) in [6.45, 7) is 11.5. The van der Waals surface area contributed by atoms with Gasteiger partial charge in [-0.05, 0) is 69.6 Å². The van der Waals surface area contributed by atoms with Gasteiger partial charge < -0.3 is 4.74 Å². The van der Waals surface area contributed by atoms with Crippen molar-refractivity contribution in [1.82, 2.24) is 0 Å². The summed E-state index contributed by atoms with van der Waals surface area (Å²) in [5, 5.41) is 0. The Bertz CT molecular complexity index is 468. The van der Waals surface area contributed by atoms with Gasteiger partial charge in [0.15, 0.2) is 0 Å². The van der Waals surface area contributed by atoms with Gasteiger partial charge in [0.2, 0.25) is 0 Å². The summed E-state index contributed by atoms with van der Waals surface area (Å²) in [5.41, 5.74) is 6.88. The molecule has 0 aromatic heterocycles. The van der Waals surface area contributed by atoms with E-state index in [0.29, 0.717) is 0 Å². The molecule has 1 rings (SSSR count). The van der Waals surface area contributed by atoms with Crippen LogP contribution in [0.15, 0.2) is 58.7 Å². The van der Waals surface area contributed by atoms with Crippen LogP contribution in [0.2, 0.25) is 0 Å². The Morgan fingerprint density at radius 2 is 1.95 bits per heavy atom. The molecule has 0 aromatic rings. The SMILES string of the molecule is C=C(C/C=C(\C)CCC=C(C)C)C1=CCC(COC)=CC1. The van der Waals surface area contributed by atoms with Crippen LogP contribution in [0, 0.1) is 0 Å². The monoisotopic (exact) mass is 286 g/mol. The smallest absolute Gasteiger partial charge is 0.0676 e. The van der Waals surface area contributed by atoms with E-state index < -0.39 is 0 Å². The van der Waals surface area contributed by atoms with Crippen LogP contribution < -0.4 is 0 Å². The minimum absolute atomic E-state index is 0.750. The Morgan fingerprint density at radius 3 is 2.52 bits per heavy atom. The van der Waals surface area contributed by atoms with Gasteiger partial charge in [0.05, 0.1) is 6.61 Å². The molecule has 1 nitrogen and oxygen atoms in total. The van der Waals surface area contributed by atoms with E-state index in [1.54, 1.807) is 7.11 Å². The first kappa shape index (κ1) is 17.7. The quantitative estimate of drug-likeness (QED) is 0.503. The van der Waals surface area contributed by atoms with Crippen LogP contribution in [-0.2, 0) is 4.74 Å². The van der Waals surface area contributed by atoms with Gasteiger partial charge in [-0.25, -0.2) is 0 Å². The van der Waals surface area contributed by atoms with Gasteiger partial charge in [0, 0.05) is 7.11 Å². The third-order valence-corrected chi connectivity index (χ3v) is 3.79. The topological polar surface area (TPSA) is 9.23 Å². The molecular formula is C20H30O. The van der Waals surface area contributed by atoms with Crippen LogP contribution in [0.25, 0.3) is 0 Å². The Morgan fingerprint density at radius 1 is 1.19 bits per heavy atom. The summed E-state index contributed by atoms with van der Waals surface area (Å²) in [6.07, 6.45) is 14.5. The second-order valence-electron chi connectivity index (χ2n) is 6.11. The molecule has 0 spiro atoms. The van der Waals surface area contributed by atoms with Gasteiger partial charge in [-0.2, -0.15) is 0 Å². The van der Waals surface area contributed by atoms with E-state index in [9.17, 15) is 0 Å². The standard InChI is InChI=1S/C20H30O/c1-16(2)7-6-8-17(3)9-10-18(4)20-13-11-19(12-14-20)15-21-5/h7,9,11,14H,4,6,8,10,12-13,15H2,1-3,5H3/b17-9+. The highest BCUT2D eigenvalue weighted by Crippen LogP contribution is 2.25. The van der Waals surface area contributed by atoms with Crippen LogP contribution in [0.1, 0.15) is 52.9 Å². The number of hydrogen-bond acceptors (Lipinski definition) is 1. The second kappa shape index (κ2) is 9.57. The van der Waals surface area contributed by atoms with Gasteiger partial charge in [-0.15, -0.1) is 0 Å². The largest absolute Gasteiger partial charge is 0.380 e. The fourth-order valence-electron chi connectivity index (χ4n) is 2.39. The molecule has 21 heavy (non-hydrogen) atoms. The van der Waals surface area contributed by atoms with E-state index in [1.165, 1.54) is 27.9 Å². The third-order valence-electron chi connectivity index (χ3n) is 3.79. The summed E-state index contributed by atoms with van der Waals surface area (Å²) in [6, 6.07) is 0. The van der Waals surface area contributed by atoms with Crippen molar-refractivity contribution in [2.45, 2.75) is 52.9 Å². The molecule has 0 amide bonds. The molecule has 0 heterocycles. The first-order valence-electron chi connectivity index (χ1n) is 7.86. The van der Waals surface area contributed by atoms with Crippen molar-refractivity contribution in [3.05, 3.63) is 58.7 Å². The number of rotatable bonds is 8. The molecule has 0 aromatic carbocycles. The van der Waals surface area contributed by atoms with Gasteiger partial charge >= 0.3 is 0 Å². The lowest BCUT2D eigenvalue weighted by molar-refractivity contribution is 0.224. The van der Waals surface area contributed by atoms with Crippen molar-refractivity contribution >= 4 is 0 Å². The Kier molecular flexibility index (Phi) is 8.07. The maximum absolute atomic E-state index is 5.18. The van der Waals surface area contributed by atoms with Crippen molar-refractivity contribution in [2.75, 3.05) is 13.7 Å². The molecule has 1 aliphatic carbocycles.